The van der Waals surface area contributed by atoms with E-state index >= 15 is 0 Å². The Bertz CT molecular complexity index is 479. The Morgan fingerprint density at radius 1 is 1.33 bits per heavy atom. The summed E-state index contributed by atoms with van der Waals surface area (Å²) < 4.78 is 3.08. The normalized spacial score (nSPS) is 10.6. The largest absolute Gasteiger partial charge is 0.398 e. The highest BCUT2D eigenvalue weighted by Crippen LogP contribution is 2.23. The summed E-state index contributed by atoms with van der Waals surface area (Å²) in [6, 6.07) is 4.13. The predicted octanol–water partition coefficient (Wildman–Crippen LogP) is 2.68. The zero-order chi connectivity index (χ0) is 11.0. The summed E-state index contributed by atoms with van der Waals surface area (Å²) in [5, 5.41) is 0. The van der Waals surface area contributed by atoms with Gasteiger partial charge in [-0.15, -0.1) is 0 Å². The van der Waals surface area contributed by atoms with Gasteiger partial charge in [0.05, 0.1) is 12.0 Å². The van der Waals surface area contributed by atoms with Crippen molar-refractivity contribution in [2.24, 2.45) is 0 Å². The van der Waals surface area contributed by atoms with Gasteiger partial charge in [-0.1, -0.05) is 0 Å². The van der Waals surface area contributed by atoms with Crippen molar-refractivity contribution < 1.29 is 0 Å². The van der Waals surface area contributed by atoms with Gasteiger partial charge < -0.3 is 10.3 Å². The smallest absolute Gasteiger partial charge is 0.0995 e. The lowest BCUT2D eigenvalue weighted by Gasteiger charge is -2.08. The Labute approximate surface area is 102 Å². The van der Waals surface area contributed by atoms with Crippen LogP contribution in [-0.2, 0) is 0 Å². The number of halogens is 1. The van der Waals surface area contributed by atoms with E-state index in [0.717, 1.165) is 26.2 Å². The number of rotatable bonds is 1. The van der Waals surface area contributed by atoms with Gasteiger partial charge in [-0.2, -0.15) is 0 Å². The summed E-state index contributed by atoms with van der Waals surface area (Å²) in [7, 11) is 0. The van der Waals surface area contributed by atoms with E-state index in [-0.39, 0.29) is 0 Å². The molecule has 0 saturated heterocycles. The van der Waals surface area contributed by atoms with Crippen LogP contribution in [0.4, 0.5) is 5.69 Å². The molecule has 2 aromatic rings. The second kappa shape index (κ2) is 3.84. The molecule has 0 aliphatic carbocycles. The number of aromatic nitrogens is 2. The van der Waals surface area contributed by atoms with E-state index in [1.807, 2.05) is 30.9 Å². The third-order valence-corrected chi connectivity index (χ3v) is 3.22. The number of anilines is 1. The molecule has 0 bridgehead atoms. The number of hydrogen-bond donors (Lipinski definition) is 1. The third-order valence-electron chi connectivity index (χ3n) is 2.33. The molecular formula is C11H12IN3. The summed E-state index contributed by atoms with van der Waals surface area (Å²) in [5.41, 5.74) is 9.98. The van der Waals surface area contributed by atoms with Gasteiger partial charge in [-0.25, -0.2) is 4.98 Å². The molecule has 0 aliphatic rings. The van der Waals surface area contributed by atoms with Gasteiger partial charge in [0.15, 0.2) is 0 Å². The van der Waals surface area contributed by atoms with E-state index in [9.17, 15) is 0 Å². The Morgan fingerprint density at radius 2 is 2.07 bits per heavy atom. The van der Waals surface area contributed by atoms with E-state index in [2.05, 4.69) is 39.7 Å². The molecule has 78 valence electrons. The maximum atomic E-state index is 5.90. The summed E-state index contributed by atoms with van der Waals surface area (Å²) in [5.74, 6) is 0. The van der Waals surface area contributed by atoms with Crippen molar-refractivity contribution in [3.63, 3.8) is 0 Å². The average molecular weight is 313 g/mol. The fourth-order valence-corrected chi connectivity index (χ4v) is 2.19. The minimum atomic E-state index is 0.858. The SMILES string of the molecule is Cc1cn(-c2cc(C)c(N)c(I)c2)cn1. The predicted molar refractivity (Wildman–Crippen MR) is 70.2 cm³/mol. The van der Waals surface area contributed by atoms with Crippen molar-refractivity contribution in [1.82, 2.24) is 9.55 Å². The molecule has 0 aliphatic heterocycles. The standard InChI is InChI=1S/C11H12IN3/c1-7-3-9(4-10(12)11(7)13)15-5-8(2)14-6-15/h3-6H,13H2,1-2H3. The van der Waals surface area contributed by atoms with Crippen LogP contribution in [0, 0.1) is 17.4 Å². The monoisotopic (exact) mass is 313 g/mol. The first-order chi connectivity index (χ1) is 7.08. The maximum absolute atomic E-state index is 5.90. The molecule has 3 nitrogen and oxygen atoms in total. The molecule has 15 heavy (non-hydrogen) atoms. The second-order valence-corrected chi connectivity index (χ2v) is 4.74. The molecule has 2 N–H and O–H groups in total. The molecule has 0 fully saturated rings. The minimum Gasteiger partial charge on any atom is -0.398 e. The Hall–Kier alpha value is -1.04. The molecule has 0 amide bonds. The van der Waals surface area contributed by atoms with Crippen LogP contribution in [0.3, 0.4) is 0 Å². The van der Waals surface area contributed by atoms with E-state index in [1.165, 1.54) is 0 Å². The van der Waals surface area contributed by atoms with Crippen molar-refractivity contribution >= 4 is 28.3 Å². The van der Waals surface area contributed by atoms with Gasteiger partial charge in [0.2, 0.25) is 0 Å². The molecule has 1 heterocycles. The molecule has 1 aromatic heterocycles. The molecule has 1 aromatic carbocycles. The number of nitrogens with zero attached hydrogens (tertiary/aromatic N) is 2. The van der Waals surface area contributed by atoms with Crippen LogP contribution in [0.25, 0.3) is 5.69 Å². The number of benzene rings is 1. The van der Waals surface area contributed by atoms with Crippen LogP contribution >= 0.6 is 22.6 Å². The molecular weight excluding hydrogens is 301 g/mol. The summed E-state index contributed by atoms with van der Waals surface area (Å²) in [6.45, 7) is 4.00. The summed E-state index contributed by atoms with van der Waals surface area (Å²) in [6.07, 6.45) is 3.82. The van der Waals surface area contributed by atoms with Crippen molar-refractivity contribution in [2.45, 2.75) is 13.8 Å². The highest BCUT2D eigenvalue weighted by Gasteiger charge is 2.04. The highest BCUT2D eigenvalue weighted by molar-refractivity contribution is 14.1. The summed E-state index contributed by atoms with van der Waals surface area (Å²) in [4.78, 5) is 4.20. The molecule has 0 unspecified atom stereocenters. The van der Waals surface area contributed by atoms with Gasteiger partial charge in [0.25, 0.3) is 0 Å². The zero-order valence-corrected chi connectivity index (χ0v) is 10.8. The van der Waals surface area contributed by atoms with E-state index in [4.69, 9.17) is 5.73 Å². The van der Waals surface area contributed by atoms with E-state index in [0.29, 0.717) is 0 Å². The number of aryl methyl sites for hydroxylation is 2. The van der Waals surface area contributed by atoms with E-state index < -0.39 is 0 Å². The van der Waals surface area contributed by atoms with Gasteiger partial charge >= 0.3 is 0 Å². The average Bonchev–Trinajstić information content (AvgIpc) is 2.60. The van der Waals surface area contributed by atoms with Gasteiger partial charge in [-0.3, -0.25) is 0 Å². The van der Waals surface area contributed by atoms with Crippen molar-refractivity contribution in [3.8, 4) is 5.69 Å². The zero-order valence-electron chi connectivity index (χ0n) is 8.66. The van der Waals surface area contributed by atoms with Crippen molar-refractivity contribution in [3.05, 3.63) is 39.5 Å². The third kappa shape index (κ3) is 1.99. The van der Waals surface area contributed by atoms with Crippen LogP contribution < -0.4 is 5.73 Å². The quantitative estimate of drug-likeness (QED) is 0.650. The number of hydrogen-bond acceptors (Lipinski definition) is 2. The van der Waals surface area contributed by atoms with Crippen LogP contribution in [0.2, 0.25) is 0 Å². The lowest BCUT2D eigenvalue weighted by Crippen LogP contribution is -1.98. The van der Waals surface area contributed by atoms with Crippen LogP contribution in [0.1, 0.15) is 11.3 Å². The van der Waals surface area contributed by atoms with Crippen LogP contribution in [0.5, 0.6) is 0 Å². The Balaban J connectivity index is 2.55. The first kappa shape index (κ1) is 10.5. The topological polar surface area (TPSA) is 43.8 Å². The first-order valence-corrected chi connectivity index (χ1v) is 5.72. The molecule has 4 heteroatoms. The minimum absolute atomic E-state index is 0.858. The molecule has 0 spiro atoms. The van der Waals surface area contributed by atoms with Gasteiger partial charge in [0, 0.05) is 21.1 Å². The second-order valence-electron chi connectivity index (χ2n) is 3.58. The summed E-state index contributed by atoms with van der Waals surface area (Å²) >= 11 is 2.25. The fraction of sp³-hybridized carbons (Fsp3) is 0.182. The highest BCUT2D eigenvalue weighted by atomic mass is 127. The Kier molecular flexibility index (Phi) is 2.68. The van der Waals surface area contributed by atoms with Crippen molar-refractivity contribution in [1.29, 1.82) is 0 Å². The molecule has 0 radical (unpaired) electrons. The van der Waals surface area contributed by atoms with Crippen LogP contribution in [0.15, 0.2) is 24.7 Å². The van der Waals surface area contributed by atoms with E-state index in [1.54, 1.807) is 0 Å². The first-order valence-electron chi connectivity index (χ1n) is 4.64. The number of nitrogen functional groups attached to an aromatic ring is 1. The van der Waals surface area contributed by atoms with Gasteiger partial charge in [-0.05, 0) is 54.1 Å². The Morgan fingerprint density at radius 3 is 2.60 bits per heavy atom. The lowest BCUT2D eigenvalue weighted by molar-refractivity contribution is 1.05. The van der Waals surface area contributed by atoms with Crippen LogP contribution in [-0.4, -0.2) is 9.55 Å². The number of imidazole rings is 1. The lowest BCUT2D eigenvalue weighted by atomic mass is 10.2. The molecule has 2 rings (SSSR count). The number of nitrogens with two attached hydrogens (primary N) is 1. The molecule has 0 atom stereocenters. The fourth-order valence-electron chi connectivity index (χ4n) is 1.45. The van der Waals surface area contributed by atoms with Gasteiger partial charge in [0.1, 0.15) is 0 Å². The van der Waals surface area contributed by atoms with Crippen molar-refractivity contribution in [2.75, 3.05) is 5.73 Å². The molecule has 0 saturated carbocycles. The maximum Gasteiger partial charge on any atom is 0.0995 e.